The minimum atomic E-state index is -0.977. The number of rotatable bonds is 6. The van der Waals surface area contributed by atoms with E-state index in [0.29, 0.717) is 5.56 Å². The second kappa shape index (κ2) is 8.81. The lowest BCUT2D eigenvalue weighted by Crippen LogP contribution is -2.76. The second-order valence-electron chi connectivity index (χ2n) is 7.34. The van der Waals surface area contributed by atoms with E-state index in [9.17, 15) is 9.90 Å². The molecular formula is C25H23N2O3S+. The average molecular weight is 432 g/mol. The smallest absolute Gasteiger partial charge is 0.336 e. The zero-order chi connectivity index (χ0) is 22.0. The maximum atomic E-state index is 12.1. The largest absolute Gasteiger partial charge is 0.478 e. The van der Waals surface area contributed by atoms with Crippen LogP contribution >= 0.6 is 11.3 Å². The van der Waals surface area contributed by atoms with Crippen LogP contribution in [0.5, 0.6) is 0 Å². The van der Waals surface area contributed by atoms with Crippen molar-refractivity contribution in [3.05, 3.63) is 82.7 Å². The van der Waals surface area contributed by atoms with Gasteiger partial charge >= 0.3 is 5.97 Å². The standard InChI is InChI=1S/C25H22N2O3S/c1-15-8-9-17(12-16(15)2)23-14-31-24(26-23)18-10-11-19(21(13-18)25(28)29)20-6-4-5-7-22(20)27-30-3/h4-14,27H,1-3H3,(H,28,29)/p+1. The summed E-state index contributed by atoms with van der Waals surface area (Å²) < 4.78 is 0. The second-order valence-corrected chi connectivity index (χ2v) is 8.20. The van der Waals surface area contributed by atoms with Crippen LogP contribution in [0.1, 0.15) is 21.5 Å². The van der Waals surface area contributed by atoms with Crippen LogP contribution in [0.2, 0.25) is 0 Å². The summed E-state index contributed by atoms with van der Waals surface area (Å²) in [5.74, 6) is -0.977. The van der Waals surface area contributed by atoms with Gasteiger partial charge in [0.1, 0.15) is 5.01 Å². The molecule has 0 spiro atoms. The molecule has 0 radical (unpaired) electrons. The molecular weight excluding hydrogens is 408 g/mol. The highest BCUT2D eigenvalue weighted by Crippen LogP contribution is 2.34. The van der Waals surface area contributed by atoms with Crippen LogP contribution in [0.25, 0.3) is 33.0 Å². The number of aryl methyl sites for hydroxylation is 2. The van der Waals surface area contributed by atoms with Crippen molar-refractivity contribution < 1.29 is 20.2 Å². The fraction of sp³-hybridized carbons (Fsp3) is 0.120. The zero-order valence-electron chi connectivity index (χ0n) is 17.5. The van der Waals surface area contributed by atoms with Crippen molar-refractivity contribution in [3.8, 4) is 33.0 Å². The third kappa shape index (κ3) is 4.27. The number of carboxylic acids is 1. The first-order valence-corrected chi connectivity index (χ1v) is 10.7. The lowest BCUT2D eigenvalue weighted by atomic mass is 9.96. The number of aromatic carboxylic acids is 1. The van der Waals surface area contributed by atoms with Crippen molar-refractivity contribution in [1.29, 1.82) is 0 Å². The lowest BCUT2D eigenvalue weighted by molar-refractivity contribution is -0.829. The first kappa shape index (κ1) is 20.9. The van der Waals surface area contributed by atoms with Crippen LogP contribution in [0.4, 0.5) is 5.69 Å². The van der Waals surface area contributed by atoms with Crippen molar-refractivity contribution >= 4 is 23.0 Å². The molecule has 4 rings (SSSR count). The summed E-state index contributed by atoms with van der Waals surface area (Å²) in [7, 11) is 1.58. The number of quaternary nitrogens is 1. The molecule has 0 aliphatic rings. The van der Waals surface area contributed by atoms with E-state index in [2.05, 4.69) is 32.0 Å². The fourth-order valence-electron chi connectivity index (χ4n) is 3.50. The van der Waals surface area contributed by atoms with Gasteiger partial charge in [-0.15, -0.1) is 11.3 Å². The quantitative estimate of drug-likeness (QED) is 0.324. The molecule has 5 nitrogen and oxygen atoms in total. The Labute approximate surface area is 184 Å². The molecule has 0 aliphatic carbocycles. The molecule has 1 aromatic heterocycles. The molecule has 0 saturated carbocycles. The highest BCUT2D eigenvalue weighted by Gasteiger charge is 2.18. The van der Waals surface area contributed by atoms with E-state index in [1.165, 1.54) is 22.5 Å². The van der Waals surface area contributed by atoms with Gasteiger partial charge in [0, 0.05) is 33.7 Å². The molecule has 1 heterocycles. The first-order chi connectivity index (χ1) is 15.0. The summed E-state index contributed by atoms with van der Waals surface area (Å²) in [4.78, 5) is 22.0. The number of nitrogens with zero attached hydrogens (tertiary/aromatic N) is 1. The van der Waals surface area contributed by atoms with Gasteiger partial charge in [-0.25, -0.2) is 14.6 Å². The Hall–Kier alpha value is -3.32. The van der Waals surface area contributed by atoms with Gasteiger partial charge < -0.3 is 5.11 Å². The predicted molar refractivity (Wildman–Crippen MR) is 123 cm³/mol. The van der Waals surface area contributed by atoms with Crippen LogP contribution in [-0.2, 0) is 4.84 Å². The molecule has 6 heteroatoms. The summed E-state index contributed by atoms with van der Waals surface area (Å²) >= 11 is 1.51. The molecule has 3 N–H and O–H groups in total. The number of benzene rings is 3. The van der Waals surface area contributed by atoms with Crippen LogP contribution in [0.3, 0.4) is 0 Å². The van der Waals surface area contributed by atoms with Gasteiger partial charge in [-0.3, -0.25) is 0 Å². The highest BCUT2D eigenvalue weighted by atomic mass is 32.1. The molecule has 0 bridgehead atoms. The lowest BCUT2D eigenvalue weighted by Gasteiger charge is -2.10. The first-order valence-electron chi connectivity index (χ1n) is 9.84. The van der Waals surface area contributed by atoms with E-state index in [4.69, 9.17) is 9.82 Å². The van der Waals surface area contributed by atoms with E-state index in [1.54, 1.807) is 18.7 Å². The Kier molecular flexibility index (Phi) is 5.95. The Morgan fingerprint density at radius 2 is 1.74 bits per heavy atom. The third-order valence-corrected chi connectivity index (χ3v) is 6.19. The number of hydrogen-bond donors (Lipinski definition) is 2. The van der Waals surface area contributed by atoms with Crippen LogP contribution < -0.4 is 5.48 Å². The molecule has 3 aromatic carbocycles. The minimum Gasteiger partial charge on any atom is -0.478 e. The molecule has 0 amide bonds. The minimum absolute atomic E-state index is 0.234. The number of hydrogen-bond acceptors (Lipinski definition) is 4. The van der Waals surface area contributed by atoms with Crippen LogP contribution in [-0.4, -0.2) is 23.2 Å². The van der Waals surface area contributed by atoms with Crippen LogP contribution in [0.15, 0.2) is 66.0 Å². The van der Waals surface area contributed by atoms with Crippen molar-refractivity contribution in [3.63, 3.8) is 0 Å². The van der Waals surface area contributed by atoms with E-state index in [0.717, 1.165) is 33.1 Å². The molecule has 4 aromatic rings. The molecule has 0 atom stereocenters. The van der Waals surface area contributed by atoms with E-state index in [1.807, 2.05) is 41.8 Å². The van der Waals surface area contributed by atoms with Gasteiger partial charge in [0.05, 0.1) is 18.4 Å². The Morgan fingerprint density at radius 3 is 2.48 bits per heavy atom. The Balaban J connectivity index is 1.75. The Bertz CT molecular complexity index is 1260. The summed E-state index contributed by atoms with van der Waals surface area (Å²) in [6.07, 6.45) is 0. The van der Waals surface area contributed by atoms with Gasteiger partial charge in [0.25, 0.3) is 0 Å². The number of nitrogens with two attached hydrogens (primary N) is 1. The number of thiazole rings is 1. The van der Waals surface area contributed by atoms with Gasteiger partial charge in [-0.1, -0.05) is 36.4 Å². The number of carboxylic acid groups (broad SMARTS) is 1. The summed E-state index contributed by atoms with van der Waals surface area (Å²) in [5, 5.41) is 12.7. The van der Waals surface area contributed by atoms with Gasteiger partial charge in [0.2, 0.25) is 0 Å². The molecule has 0 unspecified atom stereocenters. The number of aromatic nitrogens is 1. The van der Waals surface area contributed by atoms with Crippen molar-refractivity contribution in [2.24, 2.45) is 0 Å². The molecule has 0 saturated heterocycles. The van der Waals surface area contributed by atoms with Crippen molar-refractivity contribution in [2.75, 3.05) is 7.11 Å². The zero-order valence-corrected chi connectivity index (χ0v) is 18.4. The average Bonchev–Trinajstić information content (AvgIpc) is 3.26. The Morgan fingerprint density at radius 1 is 0.968 bits per heavy atom. The fourth-order valence-corrected chi connectivity index (χ4v) is 4.33. The van der Waals surface area contributed by atoms with Crippen molar-refractivity contribution in [2.45, 2.75) is 13.8 Å². The molecule has 156 valence electrons. The summed E-state index contributed by atoms with van der Waals surface area (Å²) in [6, 6.07) is 19.3. The predicted octanol–water partition coefficient (Wildman–Crippen LogP) is 5.22. The van der Waals surface area contributed by atoms with Gasteiger partial charge in [0.15, 0.2) is 5.69 Å². The third-order valence-electron chi connectivity index (χ3n) is 5.30. The van der Waals surface area contributed by atoms with E-state index in [-0.39, 0.29) is 5.56 Å². The monoisotopic (exact) mass is 431 g/mol. The normalized spacial score (nSPS) is 10.9. The number of carbonyl (C=O) groups is 1. The maximum Gasteiger partial charge on any atom is 0.336 e. The highest BCUT2D eigenvalue weighted by molar-refractivity contribution is 7.13. The summed E-state index contributed by atoms with van der Waals surface area (Å²) in [5.41, 5.74) is 9.33. The summed E-state index contributed by atoms with van der Waals surface area (Å²) in [6.45, 7) is 4.17. The maximum absolute atomic E-state index is 12.1. The molecule has 0 fully saturated rings. The van der Waals surface area contributed by atoms with E-state index >= 15 is 0 Å². The van der Waals surface area contributed by atoms with Crippen LogP contribution in [0, 0.1) is 13.8 Å². The molecule has 31 heavy (non-hydrogen) atoms. The SMILES string of the molecule is CO[NH2+]c1ccccc1-c1ccc(-c2nc(-c3ccc(C)c(C)c3)cs2)cc1C(=O)O. The van der Waals surface area contributed by atoms with Gasteiger partial charge in [-0.2, -0.15) is 5.48 Å². The molecule has 0 aliphatic heterocycles. The van der Waals surface area contributed by atoms with Crippen molar-refractivity contribution in [1.82, 2.24) is 4.98 Å². The van der Waals surface area contributed by atoms with Gasteiger partial charge in [-0.05, 0) is 43.2 Å². The van der Waals surface area contributed by atoms with E-state index < -0.39 is 5.97 Å². The topological polar surface area (TPSA) is 76.0 Å².